The summed E-state index contributed by atoms with van der Waals surface area (Å²) in [5.41, 5.74) is 0.473. The third-order valence-corrected chi connectivity index (χ3v) is 4.44. The standard InChI is InChI=1S/C12H16N2O3S/c1-7-8(6-10(15)16)12(17)14-11(13-7)9-4-2-3-5-18-9/h9H,2-6H2,1H3,(H,15,16)(H,13,14,17). The smallest absolute Gasteiger partial charge is 0.308 e. The molecule has 2 heterocycles. The second kappa shape index (κ2) is 5.56. The SMILES string of the molecule is Cc1nc(C2CCCCS2)[nH]c(=O)c1CC(=O)O. The van der Waals surface area contributed by atoms with Crippen LogP contribution in [-0.2, 0) is 11.2 Å². The maximum atomic E-state index is 11.9. The van der Waals surface area contributed by atoms with E-state index >= 15 is 0 Å². The van der Waals surface area contributed by atoms with Crippen molar-refractivity contribution in [1.82, 2.24) is 9.97 Å². The van der Waals surface area contributed by atoms with E-state index in [2.05, 4.69) is 9.97 Å². The van der Waals surface area contributed by atoms with Crippen molar-refractivity contribution in [1.29, 1.82) is 0 Å². The molecule has 1 saturated heterocycles. The van der Waals surface area contributed by atoms with E-state index in [1.54, 1.807) is 18.7 Å². The average molecular weight is 268 g/mol. The molecular formula is C12H16N2O3S. The predicted molar refractivity (Wildman–Crippen MR) is 70.0 cm³/mol. The van der Waals surface area contributed by atoms with Crippen LogP contribution in [0.4, 0.5) is 0 Å². The summed E-state index contributed by atoms with van der Waals surface area (Å²) in [7, 11) is 0. The first-order chi connectivity index (χ1) is 8.58. The number of hydrogen-bond donors (Lipinski definition) is 2. The number of aryl methyl sites for hydroxylation is 1. The third-order valence-electron chi connectivity index (χ3n) is 3.05. The van der Waals surface area contributed by atoms with E-state index in [4.69, 9.17) is 5.11 Å². The van der Waals surface area contributed by atoms with E-state index < -0.39 is 5.97 Å². The molecular weight excluding hydrogens is 252 g/mol. The third kappa shape index (κ3) is 2.93. The Kier molecular flexibility index (Phi) is 4.06. The van der Waals surface area contributed by atoms with E-state index in [1.165, 1.54) is 6.42 Å². The van der Waals surface area contributed by atoms with Gasteiger partial charge in [-0.3, -0.25) is 9.59 Å². The molecule has 98 valence electrons. The number of nitrogens with one attached hydrogen (secondary N) is 1. The van der Waals surface area contributed by atoms with Gasteiger partial charge in [0.1, 0.15) is 5.82 Å². The van der Waals surface area contributed by atoms with Crippen LogP contribution in [0.5, 0.6) is 0 Å². The zero-order valence-electron chi connectivity index (χ0n) is 10.2. The molecule has 5 nitrogen and oxygen atoms in total. The Morgan fingerprint density at radius 2 is 2.33 bits per heavy atom. The number of carbonyl (C=O) groups is 1. The molecule has 2 rings (SSSR count). The van der Waals surface area contributed by atoms with Crippen LogP contribution in [0.1, 0.15) is 41.6 Å². The Bertz CT molecular complexity index is 507. The molecule has 0 amide bonds. The highest BCUT2D eigenvalue weighted by molar-refractivity contribution is 7.99. The van der Waals surface area contributed by atoms with Crippen LogP contribution in [0.15, 0.2) is 4.79 Å². The Labute approximate surface area is 109 Å². The summed E-state index contributed by atoms with van der Waals surface area (Å²) in [5, 5.41) is 8.99. The second-order valence-corrected chi connectivity index (χ2v) is 5.75. The summed E-state index contributed by atoms with van der Waals surface area (Å²) in [4.78, 5) is 29.7. The van der Waals surface area contributed by atoms with Crippen molar-refractivity contribution >= 4 is 17.7 Å². The number of hydrogen-bond acceptors (Lipinski definition) is 4. The van der Waals surface area contributed by atoms with Crippen LogP contribution in [0.25, 0.3) is 0 Å². The highest BCUT2D eigenvalue weighted by atomic mass is 32.2. The summed E-state index contributed by atoms with van der Waals surface area (Å²) in [6.07, 6.45) is 3.11. The molecule has 2 N–H and O–H groups in total. The van der Waals surface area contributed by atoms with E-state index in [9.17, 15) is 9.59 Å². The molecule has 0 aromatic carbocycles. The number of aliphatic carboxylic acids is 1. The lowest BCUT2D eigenvalue weighted by Gasteiger charge is -2.20. The van der Waals surface area contributed by atoms with Crippen molar-refractivity contribution in [3.63, 3.8) is 0 Å². The fourth-order valence-electron chi connectivity index (χ4n) is 2.10. The fraction of sp³-hybridized carbons (Fsp3) is 0.583. The van der Waals surface area contributed by atoms with Gasteiger partial charge in [0.15, 0.2) is 0 Å². The number of carboxylic acid groups (broad SMARTS) is 1. The topological polar surface area (TPSA) is 83.0 Å². The van der Waals surface area contributed by atoms with Crippen LogP contribution in [0.2, 0.25) is 0 Å². The number of aromatic nitrogens is 2. The molecule has 1 unspecified atom stereocenters. The fourth-order valence-corrected chi connectivity index (χ4v) is 3.36. The molecule has 1 atom stereocenters. The second-order valence-electron chi connectivity index (χ2n) is 4.44. The highest BCUT2D eigenvalue weighted by Gasteiger charge is 2.20. The number of nitrogens with zero attached hydrogens (tertiary/aromatic N) is 1. The van der Waals surface area contributed by atoms with Crippen LogP contribution in [0.3, 0.4) is 0 Å². The highest BCUT2D eigenvalue weighted by Crippen LogP contribution is 2.36. The van der Waals surface area contributed by atoms with Gasteiger partial charge < -0.3 is 10.1 Å². The van der Waals surface area contributed by atoms with Gasteiger partial charge in [0.2, 0.25) is 0 Å². The summed E-state index contributed by atoms with van der Waals surface area (Å²) in [5.74, 6) is 0.770. The van der Waals surface area contributed by atoms with Crippen molar-refractivity contribution in [3.05, 3.63) is 27.4 Å². The molecule has 1 aromatic rings. The Balaban J connectivity index is 2.29. The van der Waals surface area contributed by atoms with Crippen LogP contribution >= 0.6 is 11.8 Å². The van der Waals surface area contributed by atoms with Crippen molar-refractivity contribution in [3.8, 4) is 0 Å². The number of thioether (sulfide) groups is 1. The van der Waals surface area contributed by atoms with E-state index in [-0.39, 0.29) is 22.8 Å². The molecule has 0 radical (unpaired) electrons. The van der Waals surface area contributed by atoms with Crippen LogP contribution < -0.4 is 5.56 Å². The van der Waals surface area contributed by atoms with E-state index in [0.29, 0.717) is 11.5 Å². The van der Waals surface area contributed by atoms with Gasteiger partial charge >= 0.3 is 5.97 Å². The normalized spacial score (nSPS) is 19.7. The summed E-state index contributed by atoms with van der Waals surface area (Å²) in [6, 6.07) is 0. The van der Waals surface area contributed by atoms with Crippen molar-refractivity contribution in [2.45, 2.75) is 37.9 Å². The molecule has 0 bridgehead atoms. The van der Waals surface area contributed by atoms with Gasteiger partial charge in [0.05, 0.1) is 11.7 Å². The molecule has 0 saturated carbocycles. The zero-order valence-corrected chi connectivity index (χ0v) is 11.0. The van der Waals surface area contributed by atoms with Gasteiger partial charge in [-0.2, -0.15) is 11.8 Å². The van der Waals surface area contributed by atoms with E-state index in [1.807, 2.05) is 0 Å². The van der Waals surface area contributed by atoms with E-state index in [0.717, 1.165) is 18.6 Å². The lowest BCUT2D eigenvalue weighted by atomic mass is 10.1. The molecule has 18 heavy (non-hydrogen) atoms. The first-order valence-corrected chi connectivity index (χ1v) is 7.06. The van der Waals surface area contributed by atoms with Crippen molar-refractivity contribution in [2.75, 3.05) is 5.75 Å². The molecule has 1 aliphatic heterocycles. The molecule has 1 aliphatic rings. The van der Waals surface area contributed by atoms with Crippen LogP contribution in [-0.4, -0.2) is 26.8 Å². The Morgan fingerprint density at radius 1 is 1.56 bits per heavy atom. The van der Waals surface area contributed by atoms with Gasteiger partial charge in [-0.25, -0.2) is 4.98 Å². The lowest BCUT2D eigenvalue weighted by Crippen LogP contribution is -2.23. The Morgan fingerprint density at radius 3 is 2.89 bits per heavy atom. The van der Waals surface area contributed by atoms with Crippen LogP contribution in [0, 0.1) is 6.92 Å². The first-order valence-electron chi connectivity index (χ1n) is 6.01. The average Bonchev–Trinajstić information content (AvgIpc) is 2.34. The minimum Gasteiger partial charge on any atom is -0.481 e. The maximum absolute atomic E-state index is 11.9. The maximum Gasteiger partial charge on any atom is 0.308 e. The van der Waals surface area contributed by atoms with Gasteiger partial charge in [0.25, 0.3) is 5.56 Å². The summed E-state index contributed by atoms with van der Waals surface area (Å²) >= 11 is 1.80. The summed E-state index contributed by atoms with van der Waals surface area (Å²) in [6.45, 7) is 1.70. The first kappa shape index (κ1) is 13.1. The number of H-pyrrole nitrogens is 1. The quantitative estimate of drug-likeness (QED) is 0.871. The summed E-state index contributed by atoms with van der Waals surface area (Å²) < 4.78 is 0. The predicted octanol–water partition coefficient (Wildman–Crippen LogP) is 1.66. The number of aromatic amines is 1. The molecule has 6 heteroatoms. The van der Waals surface area contributed by atoms with Gasteiger partial charge in [0, 0.05) is 11.3 Å². The minimum atomic E-state index is -1.01. The lowest BCUT2D eigenvalue weighted by molar-refractivity contribution is -0.136. The minimum absolute atomic E-state index is 0.240. The molecule has 1 aromatic heterocycles. The van der Waals surface area contributed by atoms with Gasteiger partial charge in [-0.15, -0.1) is 0 Å². The largest absolute Gasteiger partial charge is 0.481 e. The monoisotopic (exact) mass is 268 g/mol. The molecule has 0 aliphatic carbocycles. The zero-order chi connectivity index (χ0) is 13.1. The van der Waals surface area contributed by atoms with Gasteiger partial charge in [-0.05, 0) is 25.5 Å². The van der Waals surface area contributed by atoms with Gasteiger partial charge in [-0.1, -0.05) is 6.42 Å². The molecule has 1 fully saturated rings. The molecule has 0 spiro atoms. The van der Waals surface area contributed by atoms with Crippen molar-refractivity contribution < 1.29 is 9.90 Å². The number of carboxylic acids is 1. The van der Waals surface area contributed by atoms with Crippen molar-refractivity contribution in [2.24, 2.45) is 0 Å². The number of rotatable bonds is 3. The Hall–Kier alpha value is -1.30.